The fourth-order valence-corrected chi connectivity index (χ4v) is 1.31. The van der Waals surface area contributed by atoms with Crippen LogP contribution in [0.3, 0.4) is 0 Å². The third-order valence-electron chi connectivity index (χ3n) is 0.681. The van der Waals surface area contributed by atoms with E-state index in [1.54, 1.807) is 0 Å². The molecule has 0 unspecified atom stereocenters. The van der Waals surface area contributed by atoms with Crippen LogP contribution in [0.15, 0.2) is 27.4 Å². The summed E-state index contributed by atoms with van der Waals surface area (Å²) < 4.78 is 1.71. The highest BCUT2D eigenvalue weighted by Crippen LogP contribution is 2.10. The number of aromatic nitrogens is 1. The summed E-state index contributed by atoms with van der Waals surface area (Å²) in [5, 5.41) is 0. The van der Waals surface area contributed by atoms with Crippen LogP contribution in [-0.4, -0.2) is 4.98 Å². The number of hydrogen-bond acceptors (Lipinski definition) is 1. The van der Waals surface area contributed by atoms with E-state index in [1.807, 2.05) is 32.0 Å². The minimum atomic E-state index is 0.854. The number of pyridine rings is 1. The topological polar surface area (TPSA) is 12.9 Å². The van der Waals surface area contributed by atoms with Gasteiger partial charge in [0, 0.05) is 0 Å². The van der Waals surface area contributed by atoms with Crippen molar-refractivity contribution in [3.63, 3.8) is 0 Å². The second-order valence-corrected chi connectivity index (χ2v) is 2.91. The Morgan fingerprint density at radius 1 is 1.10 bits per heavy atom. The molecular formula is C7H9Br2N. The fraction of sp³-hybridized carbons (Fsp3) is 0.286. The minimum absolute atomic E-state index is 0.854. The van der Waals surface area contributed by atoms with Crippen molar-refractivity contribution in [3.8, 4) is 0 Å². The molecule has 0 N–H and O–H groups in total. The largest absolute Gasteiger partial charge is 0.234 e. The van der Waals surface area contributed by atoms with Crippen LogP contribution in [0, 0.1) is 0 Å². The van der Waals surface area contributed by atoms with Gasteiger partial charge in [0.15, 0.2) is 0 Å². The van der Waals surface area contributed by atoms with E-state index in [-0.39, 0.29) is 0 Å². The Hall–Kier alpha value is 0.110. The van der Waals surface area contributed by atoms with Gasteiger partial charge in [0.2, 0.25) is 0 Å². The zero-order valence-corrected chi connectivity index (χ0v) is 9.11. The highest BCUT2D eigenvalue weighted by atomic mass is 79.9. The molecule has 0 spiro atoms. The van der Waals surface area contributed by atoms with Crippen molar-refractivity contribution < 1.29 is 0 Å². The molecule has 0 bridgehead atoms. The highest BCUT2D eigenvalue weighted by Gasteiger charge is 1.85. The lowest BCUT2D eigenvalue weighted by Gasteiger charge is -1.86. The van der Waals surface area contributed by atoms with E-state index < -0.39 is 0 Å². The molecule has 1 nitrogen and oxygen atoms in total. The van der Waals surface area contributed by atoms with Gasteiger partial charge in [-0.1, -0.05) is 19.9 Å². The van der Waals surface area contributed by atoms with Crippen molar-refractivity contribution >= 4 is 31.9 Å². The molecule has 1 aromatic heterocycles. The molecular weight excluding hydrogens is 258 g/mol. The predicted octanol–water partition coefficient (Wildman–Crippen LogP) is 3.63. The van der Waals surface area contributed by atoms with Crippen molar-refractivity contribution in [1.82, 2.24) is 4.98 Å². The van der Waals surface area contributed by atoms with Crippen LogP contribution in [-0.2, 0) is 0 Å². The van der Waals surface area contributed by atoms with Crippen molar-refractivity contribution in [1.29, 1.82) is 0 Å². The normalized spacial score (nSPS) is 8.00. The average molecular weight is 267 g/mol. The van der Waals surface area contributed by atoms with E-state index in [0.717, 1.165) is 9.21 Å². The first-order valence-electron chi connectivity index (χ1n) is 3.07. The maximum atomic E-state index is 4.01. The summed E-state index contributed by atoms with van der Waals surface area (Å²) in [5.41, 5.74) is 0. The molecule has 0 aliphatic rings. The second-order valence-electron chi connectivity index (χ2n) is 1.28. The Labute approximate surface area is 78.1 Å². The molecule has 1 rings (SSSR count). The standard InChI is InChI=1S/C5H3Br2N.C2H6/c6-4-2-1-3-5(7)8-4;1-2/h1-3H;1-2H3. The first kappa shape index (κ1) is 10.1. The molecule has 0 aromatic carbocycles. The lowest BCUT2D eigenvalue weighted by atomic mass is 10.5. The van der Waals surface area contributed by atoms with Crippen LogP contribution in [0.25, 0.3) is 0 Å². The van der Waals surface area contributed by atoms with Crippen LogP contribution in [0.4, 0.5) is 0 Å². The molecule has 0 aliphatic carbocycles. The summed E-state index contributed by atoms with van der Waals surface area (Å²) in [6, 6.07) is 5.68. The van der Waals surface area contributed by atoms with Gasteiger partial charge in [-0.05, 0) is 44.0 Å². The fourth-order valence-electron chi connectivity index (χ4n) is 0.383. The zero-order valence-electron chi connectivity index (χ0n) is 5.94. The van der Waals surface area contributed by atoms with Gasteiger partial charge in [0.25, 0.3) is 0 Å². The van der Waals surface area contributed by atoms with E-state index in [4.69, 9.17) is 0 Å². The average Bonchev–Trinajstić information content (AvgIpc) is 1.91. The second kappa shape index (κ2) is 5.86. The summed E-state index contributed by atoms with van der Waals surface area (Å²) >= 11 is 6.44. The van der Waals surface area contributed by atoms with E-state index in [2.05, 4.69) is 36.8 Å². The van der Waals surface area contributed by atoms with Gasteiger partial charge in [-0.15, -0.1) is 0 Å². The van der Waals surface area contributed by atoms with Crippen LogP contribution in [0.2, 0.25) is 0 Å². The monoisotopic (exact) mass is 265 g/mol. The summed E-state index contributed by atoms with van der Waals surface area (Å²) in [5.74, 6) is 0. The van der Waals surface area contributed by atoms with Gasteiger partial charge >= 0.3 is 0 Å². The lowest BCUT2D eigenvalue weighted by Crippen LogP contribution is -1.72. The molecule has 0 aliphatic heterocycles. The maximum Gasteiger partial charge on any atom is 0.107 e. The van der Waals surface area contributed by atoms with Gasteiger partial charge in [-0.2, -0.15) is 0 Å². The Balaban J connectivity index is 0.000000371. The summed E-state index contributed by atoms with van der Waals surface area (Å²) in [6.45, 7) is 4.00. The van der Waals surface area contributed by atoms with Gasteiger partial charge in [-0.3, -0.25) is 0 Å². The molecule has 0 saturated carbocycles. The molecule has 56 valence electrons. The summed E-state index contributed by atoms with van der Waals surface area (Å²) in [4.78, 5) is 4.01. The smallest absolute Gasteiger partial charge is 0.107 e. The Bertz CT molecular complexity index is 171. The number of hydrogen-bond donors (Lipinski definition) is 0. The van der Waals surface area contributed by atoms with Gasteiger partial charge in [-0.25, -0.2) is 4.98 Å². The molecule has 1 aromatic rings. The molecule has 0 radical (unpaired) electrons. The van der Waals surface area contributed by atoms with E-state index >= 15 is 0 Å². The number of halogens is 2. The molecule has 1 heterocycles. The van der Waals surface area contributed by atoms with Crippen LogP contribution in [0.5, 0.6) is 0 Å². The van der Waals surface area contributed by atoms with Crippen LogP contribution in [0.1, 0.15) is 13.8 Å². The van der Waals surface area contributed by atoms with Gasteiger partial charge in [0.05, 0.1) is 0 Å². The molecule has 0 fully saturated rings. The summed E-state index contributed by atoms with van der Waals surface area (Å²) in [7, 11) is 0. The molecule has 0 saturated heterocycles. The zero-order chi connectivity index (χ0) is 7.98. The van der Waals surface area contributed by atoms with E-state index in [9.17, 15) is 0 Å². The van der Waals surface area contributed by atoms with Crippen molar-refractivity contribution in [3.05, 3.63) is 27.4 Å². The SMILES string of the molecule is Brc1cccc(Br)n1.CC. The molecule has 3 heteroatoms. The van der Waals surface area contributed by atoms with Gasteiger partial charge < -0.3 is 0 Å². The van der Waals surface area contributed by atoms with Crippen LogP contribution >= 0.6 is 31.9 Å². The quantitative estimate of drug-likeness (QED) is 0.654. The number of rotatable bonds is 0. The third kappa shape index (κ3) is 4.01. The molecule has 0 atom stereocenters. The first-order chi connectivity index (χ1) is 4.79. The van der Waals surface area contributed by atoms with E-state index in [0.29, 0.717) is 0 Å². The Morgan fingerprint density at radius 2 is 1.50 bits per heavy atom. The summed E-state index contributed by atoms with van der Waals surface area (Å²) in [6.07, 6.45) is 0. The van der Waals surface area contributed by atoms with Crippen LogP contribution < -0.4 is 0 Å². The van der Waals surface area contributed by atoms with Crippen molar-refractivity contribution in [2.45, 2.75) is 13.8 Å². The third-order valence-corrected chi connectivity index (χ3v) is 1.56. The Morgan fingerprint density at radius 3 is 1.70 bits per heavy atom. The predicted molar refractivity (Wildman–Crippen MR) is 51.0 cm³/mol. The first-order valence-corrected chi connectivity index (χ1v) is 4.66. The highest BCUT2D eigenvalue weighted by molar-refractivity contribution is 9.11. The lowest BCUT2D eigenvalue weighted by molar-refractivity contribution is 1.23. The molecule has 10 heavy (non-hydrogen) atoms. The number of nitrogens with zero attached hydrogens (tertiary/aromatic N) is 1. The maximum absolute atomic E-state index is 4.01. The molecule has 0 amide bonds. The van der Waals surface area contributed by atoms with E-state index in [1.165, 1.54) is 0 Å². The van der Waals surface area contributed by atoms with Crippen molar-refractivity contribution in [2.75, 3.05) is 0 Å². The van der Waals surface area contributed by atoms with Crippen molar-refractivity contribution in [2.24, 2.45) is 0 Å². The minimum Gasteiger partial charge on any atom is -0.234 e. The van der Waals surface area contributed by atoms with Gasteiger partial charge in [0.1, 0.15) is 9.21 Å². The Kier molecular flexibility index (Phi) is 5.93.